The molecular weight excluding hydrogens is 584 g/mol. The summed E-state index contributed by atoms with van der Waals surface area (Å²) in [5.74, 6) is 4.49. The summed E-state index contributed by atoms with van der Waals surface area (Å²) >= 11 is 3.51. The minimum absolute atomic E-state index is 0.0362. The molecule has 4 rings (SSSR count). The van der Waals surface area contributed by atoms with E-state index in [-0.39, 0.29) is 23.6 Å². The van der Waals surface area contributed by atoms with Crippen molar-refractivity contribution in [3.63, 3.8) is 0 Å². The molecule has 0 amide bonds. The van der Waals surface area contributed by atoms with Gasteiger partial charge in [-0.1, -0.05) is 120 Å². The lowest BCUT2D eigenvalue weighted by molar-refractivity contribution is -0.169. The predicted molar refractivity (Wildman–Crippen MR) is 180 cm³/mol. The fraction of sp³-hybridized carbons (Fsp3) is 0.921. The quantitative estimate of drug-likeness (QED) is 0.0783. The summed E-state index contributed by atoms with van der Waals surface area (Å²) < 4.78 is 6.37. The van der Waals surface area contributed by atoms with E-state index in [9.17, 15) is 9.90 Å². The molecule has 3 fully saturated rings. The molecule has 4 heteroatoms. The van der Waals surface area contributed by atoms with Gasteiger partial charge < -0.3 is 9.84 Å². The SMILES string of the molecule is CC(C)CCC[C@@H](C)[C@H]1CC[C@H]2[C@@H]3CC=C4C[C@@H](O)CC(OC(=O)CCCCCCCCCCBr)[C@]4(C)[C@H]3CC[C@]12C. The topological polar surface area (TPSA) is 46.5 Å². The van der Waals surface area contributed by atoms with Crippen molar-refractivity contribution < 1.29 is 14.6 Å². The summed E-state index contributed by atoms with van der Waals surface area (Å²) in [6, 6.07) is 0. The van der Waals surface area contributed by atoms with E-state index in [1.165, 1.54) is 89.0 Å². The minimum Gasteiger partial charge on any atom is -0.461 e. The van der Waals surface area contributed by atoms with Gasteiger partial charge in [0.2, 0.25) is 0 Å². The number of rotatable bonds is 16. The zero-order chi connectivity index (χ0) is 30.3. The molecule has 4 aliphatic rings. The Bertz CT molecular complexity index is 884. The van der Waals surface area contributed by atoms with Crippen molar-refractivity contribution >= 4 is 21.9 Å². The van der Waals surface area contributed by atoms with E-state index in [1.54, 1.807) is 0 Å². The van der Waals surface area contributed by atoms with E-state index in [1.807, 2.05) is 0 Å². The molecule has 242 valence electrons. The van der Waals surface area contributed by atoms with Crippen LogP contribution in [0.25, 0.3) is 0 Å². The second-order valence-corrected chi connectivity index (χ2v) is 16.8. The molecule has 0 bridgehead atoms. The first kappa shape index (κ1) is 34.5. The standard InChI is InChI=1S/C38H65BrO3/c1-27(2)15-14-16-28(3)32-20-21-33-31-19-18-29-25-30(40)26-35(38(29,5)34(31)22-23-37(32,33)4)42-36(41)17-12-10-8-6-7-9-11-13-24-39/h18,27-28,30-35,40H,6-17,19-26H2,1-5H3/t28-,30-,31+,32-,33+,34+,35?,37-,38+/m1/s1. The second kappa shape index (κ2) is 15.8. The highest BCUT2D eigenvalue weighted by atomic mass is 79.9. The highest BCUT2D eigenvalue weighted by Gasteiger charge is 2.61. The Morgan fingerprint density at radius 1 is 0.952 bits per heavy atom. The van der Waals surface area contributed by atoms with E-state index in [0.29, 0.717) is 30.1 Å². The minimum atomic E-state index is -0.389. The normalized spacial score (nSPS) is 36.6. The molecule has 0 aromatic carbocycles. The number of alkyl halides is 1. The largest absolute Gasteiger partial charge is 0.461 e. The third kappa shape index (κ3) is 7.89. The molecule has 1 unspecified atom stereocenters. The van der Waals surface area contributed by atoms with Crippen LogP contribution >= 0.6 is 15.9 Å². The van der Waals surface area contributed by atoms with Crippen LogP contribution in [0.5, 0.6) is 0 Å². The molecule has 0 radical (unpaired) electrons. The number of aliphatic hydroxyl groups is 1. The Balaban J connectivity index is 1.35. The number of unbranched alkanes of at least 4 members (excludes halogenated alkanes) is 7. The Morgan fingerprint density at radius 3 is 2.33 bits per heavy atom. The van der Waals surface area contributed by atoms with Gasteiger partial charge in [0.15, 0.2) is 0 Å². The highest BCUT2D eigenvalue weighted by Crippen LogP contribution is 2.67. The Hall–Kier alpha value is -0.350. The highest BCUT2D eigenvalue weighted by molar-refractivity contribution is 9.09. The molecule has 0 heterocycles. The number of allylic oxidation sites excluding steroid dienone is 1. The number of hydrogen-bond acceptors (Lipinski definition) is 3. The number of carbonyl (C=O) groups excluding carboxylic acids is 1. The number of aliphatic hydroxyl groups excluding tert-OH is 1. The fourth-order valence-corrected chi connectivity index (χ4v) is 10.9. The van der Waals surface area contributed by atoms with Gasteiger partial charge in [0, 0.05) is 23.6 Å². The smallest absolute Gasteiger partial charge is 0.306 e. The second-order valence-electron chi connectivity index (χ2n) is 16.0. The lowest BCUT2D eigenvalue weighted by atomic mass is 9.46. The zero-order valence-corrected chi connectivity index (χ0v) is 29.6. The van der Waals surface area contributed by atoms with E-state index in [2.05, 4.69) is 56.6 Å². The van der Waals surface area contributed by atoms with Gasteiger partial charge in [-0.05, 0) is 92.3 Å². The monoisotopic (exact) mass is 648 g/mol. The number of halogens is 1. The van der Waals surface area contributed by atoms with Crippen molar-refractivity contribution in [3.05, 3.63) is 11.6 Å². The number of carbonyl (C=O) groups is 1. The molecule has 3 saturated carbocycles. The summed E-state index contributed by atoms with van der Waals surface area (Å²) in [6.45, 7) is 12.3. The van der Waals surface area contributed by atoms with Crippen molar-refractivity contribution in [1.82, 2.24) is 0 Å². The molecular formula is C38H65BrO3. The van der Waals surface area contributed by atoms with Gasteiger partial charge >= 0.3 is 5.97 Å². The average Bonchev–Trinajstić information content (AvgIpc) is 3.30. The van der Waals surface area contributed by atoms with Gasteiger partial charge in [-0.25, -0.2) is 0 Å². The maximum atomic E-state index is 13.2. The molecule has 0 aromatic rings. The van der Waals surface area contributed by atoms with Crippen LogP contribution in [0.4, 0.5) is 0 Å². The number of fused-ring (bicyclic) bond motifs is 5. The molecule has 1 N–H and O–H groups in total. The molecule has 4 aliphatic carbocycles. The molecule has 0 spiro atoms. The Labute approximate surface area is 267 Å². The Kier molecular flexibility index (Phi) is 13.0. The maximum absolute atomic E-state index is 13.2. The van der Waals surface area contributed by atoms with Crippen LogP contribution in [0.15, 0.2) is 11.6 Å². The van der Waals surface area contributed by atoms with Crippen LogP contribution in [0.1, 0.15) is 157 Å². The molecule has 9 atom stereocenters. The van der Waals surface area contributed by atoms with Gasteiger partial charge in [-0.2, -0.15) is 0 Å². The van der Waals surface area contributed by atoms with Crippen LogP contribution in [-0.4, -0.2) is 28.6 Å². The van der Waals surface area contributed by atoms with E-state index < -0.39 is 0 Å². The average molecular weight is 650 g/mol. The lowest BCUT2D eigenvalue weighted by Gasteiger charge is -2.60. The zero-order valence-electron chi connectivity index (χ0n) is 28.0. The van der Waals surface area contributed by atoms with E-state index >= 15 is 0 Å². The maximum Gasteiger partial charge on any atom is 0.306 e. The van der Waals surface area contributed by atoms with Gasteiger partial charge in [0.05, 0.1) is 6.10 Å². The van der Waals surface area contributed by atoms with Crippen molar-refractivity contribution in [3.8, 4) is 0 Å². The van der Waals surface area contributed by atoms with Crippen LogP contribution in [0.3, 0.4) is 0 Å². The summed E-state index contributed by atoms with van der Waals surface area (Å²) in [5.41, 5.74) is 1.73. The van der Waals surface area contributed by atoms with Gasteiger partial charge in [-0.15, -0.1) is 0 Å². The van der Waals surface area contributed by atoms with Crippen LogP contribution in [0, 0.1) is 46.3 Å². The van der Waals surface area contributed by atoms with Crippen LogP contribution in [0.2, 0.25) is 0 Å². The van der Waals surface area contributed by atoms with Crippen molar-refractivity contribution in [2.24, 2.45) is 46.3 Å². The van der Waals surface area contributed by atoms with Crippen LogP contribution in [-0.2, 0) is 9.53 Å². The van der Waals surface area contributed by atoms with Gasteiger partial charge in [0.25, 0.3) is 0 Å². The first-order valence-electron chi connectivity index (χ1n) is 18.2. The summed E-state index contributed by atoms with van der Waals surface area (Å²) in [5, 5.41) is 12.0. The third-order valence-electron chi connectivity index (χ3n) is 12.9. The molecule has 0 saturated heterocycles. The summed E-state index contributed by atoms with van der Waals surface area (Å²) in [4.78, 5) is 13.2. The van der Waals surface area contributed by atoms with E-state index in [0.717, 1.165) is 54.7 Å². The van der Waals surface area contributed by atoms with Gasteiger partial charge in [0.1, 0.15) is 6.10 Å². The van der Waals surface area contributed by atoms with E-state index in [4.69, 9.17) is 4.74 Å². The van der Waals surface area contributed by atoms with Crippen molar-refractivity contribution in [1.29, 1.82) is 0 Å². The predicted octanol–water partition coefficient (Wildman–Crippen LogP) is 10.8. The van der Waals surface area contributed by atoms with Crippen LogP contribution < -0.4 is 0 Å². The summed E-state index contributed by atoms with van der Waals surface area (Å²) in [7, 11) is 0. The number of hydrogen-bond donors (Lipinski definition) is 1. The molecule has 3 nitrogen and oxygen atoms in total. The molecule has 42 heavy (non-hydrogen) atoms. The number of ether oxygens (including phenoxy) is 1. The number of esters is 1. The first-order chi connectivity index (χ1) is 20.1. The molecule has 0 aliphatic heterocycles. The van der Waals surface area contributed by atoms with Crippen molar-refractivity contribution in [2.45, 2.75) is 169 Å². The fourth-order valence-electron chi connectivity index (χ4n) is 10.5. The Morgan fingerprint density at radius 2 is 1.64 bits per heavy atom. The third-order valence-corrected chi connectivity index (χ3v) is 13.4. The summed E-state index contributed by atoms with van der Waals surface area (Å²) in [6.07, 6.45) is 24.2. The first-order valence-corrected chi connectivity index (χ1v) is 19.4. The van der Waals surface area contributed by atoms with Gasteiger partial charge in [-0.3, -0.25) is 4.79 Å². The molecule has 0 aromatic heterocycles. The van der Waals surface area contributed by atoms with Crippen molar-refractivity contribution in [2.75, 3.05) is 5.33 Å². The lowest BCUT2D eigenvalue weighted by Crippen LogP contribution is -2.56.